The summed E-state index contributed by atoms with van der Waals surface area (Å²) in [7, 11) is 4.05. The maximum Gasteiger partial charge on any atom is 0.240 e. The van der Waals surface area contributed by atoms with E-state index < -0.39 is 0 Å². The molecule has 0 unspecified atom stereocenters. The fourth-order valence-corrected chi connectivity index (χ4v) is 3.31. The summed E-state index contributed by atoms with van der Waals surface area (Å²) < 4.78 is 14.9. The highest BCUT2D eigenvalue weighted by Crippen LogP contribution is 2.29. The first-order valence-corrected chi connectivity index (χ1v) is 9.82. The molecule has 0 saturated carbocycles. The molecule has 158 valence electrons. The van der Waals surface area contributed by atoms with Gasteiger partial charge in [0, 0.05) is 29.9 Å². The first-order chi connectivity index (χ1) is 15.1. The number of aromatic nitrogens is 8. The summed E-state index contributed by atoms with van der Waals surface area (Å²) in [6.07, 6.45) is 1.71. The van der Waals surface area contributed by atoms with Gasteiger partial charge in [-0.05, 0) is 27.1 Å². The van der Waals surface area contributed by atoms with Gasteiger partial charge in [0.2, 0.25) is 11.7 Å². The van der Waals surface area contributed by atoms with Crippen molar-refractivity contribution in [2.24, 2.45) is 0 Å². The van der Waals surface area contributed by atoms with Crippen molar-refractivity contribution in [2.45, 2.75) is 20.1 Å². The van der Waals surface area contributed by atoms with E-state index in [4.69, 9.17) is 9.26 Å². The number of ether oxygens (including phenoxy) is 1. The number of fused-ring (bicyclic) bond motifs is 3. The number of likely N-dealkylation sites (N-methyl/N-ethyl adjacent to an activating group) is 1. The lowest BCUT2D eigenvalue weighted by Gasteiger charge is -2.12. The molecule has 31 heavy (non-hydrogen) atoms. The first-order valence-electron chi connectivity index (χ1n) is 9.82. The molecular formula is C20H21N9O2. The standard InChI is InChI=1S/C20H21N9O2/c1-13-10-16(26-31-13)19-24-23-18-14-6-4-5-7-15(14)20(25-29(18)19)30-11-17-22-21-12-28(17)9-8-27(2)3/h4-7,10,12H,8-9,11H2,1-3H3. The zero-order valence-corrected chi connectivity index (χ0v) is 17.4. The van der Waals surface area contributed by atoms with Crippen LogP contribution < -0.4 is 4.74 Å². The molecule has 5 aromatic rings. The lowest BCUT2D eigenvalue weighted by Crippen LogP contribution is -2.19. The van der Waals surface area contributed by atoms with Gasteiger partial charge in [-0.15, -0.1) is 25.5 Å². The van der Waals surface area contributed by atoms with Crippen LogP contribution in [0.2, 0.25) is 0 Å². The highest BCUT2D eigenvalue weighted by Gasteiger charge is 2.18. The number of hydrogen-bond donors (Lipinski definition) is 0. The Balaban J connectivity index is 1.53. The Hall–Kier alpha value is -3.86. The number of benzene rings is 1. The zero-order valence-electron chi connectivity index (χ0n) is 17.4. The maximum atomic E-state index is 6.12. The number of aryl methyl sites for hydroxylation is 1. The summed E-state index contributed by atoms with van der Waals surface area (Å²) in [6.45, 7) is 3.70. The van der Waals surface area contributed by atoms with Gasteiger partial charge >= 0.3 is 0 Å². The van der Waals surface area contributed by atoms with Crippen molar-refractivity contribution in [3.05, 3.63) is 48.2 Å². The van der Waals surface area contributed by atoms with Gasteiger partial charge in [-0.2, -0.15) is 4.52 Å². The average Bonchev–Trinajstić information content (AvgIpc) is 3.49. The van der Waals surface area contributed by atoms with Crippen molar-refractivity contribution >= 4 is 16.4 Å². The summed E-state index contributed by atoms with van der Waals surface area (Å²) >= 11 is 0. The predicted octanol–water partition coefficient (Wildman–Crippen LogP) is 1.97. The molecule has 0 aliphatic heterocycles. The summed E-state index contributed by atoms with van der Waals surface area (Å²) in [5, 5.41) is 27.3. The highest BCUT2D eigenvalue weighted by molar-refractivity contribution is 5.96. The molecule has 0 radical (unpaired) electrons. The molecule has 0 saturated heterocycles. The third-order valence-electron chi connectivity index (χ3n) is 4.91. The van der Waals surface area contributed by atoms with E-state index in [1.165, 1.54) is 0 Å². The molecule has 1 aromatic carbocycles. The van der Waals surface area contributed by atoms with Crippen LogP contribution in [0.1, 0.15) is 11.6 Å². The van der Waals surface area contributed by atoms with Crippen molar-refractivity contribution < 1.29 is 9.26 Å². The van der Waals surface area contributed by atoms with Gasteiger partial charge < -0.3 is 18.7 Å². The van der Waals surface area contributed by atoms with E-state index in [0.717, 1.165) is 29.7 Å². The maximum absolute atomic E-state index is 6.12. The number of hydrogen-bond acceptors (Lipinski definition) is 9. The Bertz CT molecular complexity index is 1350. The minimum absolute atomic E-state index is 0.233. The quantitative estimate of drug-likeness (QED) is 0.391. The number of rotatable bonds is 7. The van der Waals surface area contributed by atoms with Crippen molar-refractivity contribution in [3.8, 4) is 17.4 Å². The van der Waals surface area contributed by atoms with Crippen molar-refractivity contribution in [2.75, 3.05) is 20.6 Å². The molecule has 0 bridgehead atoms. The number of nitrogens with zero attached hydrogens (tertiary/aromatic N) is 9. The van der Waals surface area contributed by atoms with Crippen LogP contribution in [0.15, 0.2) is 41.2 Å². The third kappa shape index (κ3) is 3.59. The summed E-state index contributed by atoms with van der Waals surface area (Å²) in [6, 6.07) is 9.58. The topological polar surface area (TPSA) is 112 Å². The molecule has 5 rings (SSSR count). The smallest absolute Gasteiger partial charge is 0.240 e. The molecule has 0 amide bonds. The van der Waals surface area contributed by atoms with E-state index in [1.54, 1.807) is 16.9 Å². The van der Waals surface area contributed by atoms with Gasteiger partial charge in [-0.3, -0.25) is 0 Å². The Labute approximate surface area is 177 Å². The fourth-order valence-electron chi connectivity index (χ4n) is 3.31. The first kappa shape index (κ1) is 19.1. The third-order valence-corrected chi connectivity index (χ3v) is 4.91. The van der Waals surface area contributed by atoms with Gasteiger partial charge in [-0.1, -0.05) is 23.4 Å². The Morgan fingerprint density at radius 2 is 1.94 bits per heavy atom. The van der Waals surface area contributed by atoms with Crippen molar-refractivity contribution in [3.63, 3.8) is 0 Å². The van der Waals surface area contributed by atoms with Crippen LogP contribution in [0.4, 0.5) is 0 Å². The fraction of sp³-hybridized carbons (Fsp3) is 0.300. The molecule has 11 nitrogen and oxygen atoms in total. The highest BCUT2D eigenvalue weighted by atomic mass is 16.5. The van der Waals surface area contributed by atoms with E-state index in [9.17, 15) is 0 Å². The second-order valence-corrected chi connectivity index (χ2v) is 7.47. The van der Waals surface area contributed by atoms with Crippen LogP contribution in [0.3, 0.4) is 0 Å². The zero-order chi connectivity index (χ0) is 21.4. The second kappa shape index (κ2) is 7.76. The van der Waals surface area contributed by atoms with Crippen LogP contribution in [-0.2, 0) is 13.2 Å². The van der Waals surface area contributed by atoms with E-state index in [-0.39, 0.29) is 6.61 Å². The minimum Gasteiger partial charge on any atom is -0.468 e. The van der Waals surface area contributed by atoms with Gasteiger partial charge in [0.15, 0.2) is 17.2 Å². The van der Waals surface area contributed by atoms with Gasteiger partial charge in [0.1, 0.15) is 18.7 Å². The van der Waals surface area contributed by atoms with Crippen LogP contribution >= 0.6 is 0 Å². The van der Waals surface area contributed by atoms with Gasteiger partial charge in [-0.25, -0.2) is 0 Å². The Morgan fingerprint density at radius 1 is 1.10 bits per heavy atom. The normalized spacial score (nSPS) is 11.7. The SMILES string of the molecule is Cc1cc(-c2nnc3c4ccccc4c(OCc4nncn4CCN(C)C)nn23)no1. The van der Waals surface area contributed by atoms with Crippen LogP contribution in [-0.4, -0.2) is 65.3 Å². The summed E-state index contributed by atoms with van der Waals surface area (Å²) in [5.41, 5.74) is 1.18. The molecule has 0 N–H and O–H groups in total. The molecule has 0 aliphatic rings. The van der Waals surface area contributed by atoms with Gasteiger partial charge in [0.25, 0.3) is 0 Å². The van der Waals surface area contributed by atoms with Crippen molar-refractivity contribution in [1.82, 2.24) is 44.6 Å². The molecule has 4 aromatic heterocycles. The Kier molecular flexibility index (Phi) is 4.79. The average molecular weight is 419 g/mol. The van der Waals surface area contributed by atoms with Crippen LogP contribution in [0, 0.1) is 6.92 Å². The Morgan fingerprint density at radius 3 is 2.71 bits per heavy atom. The molecule has 0 atom stereocenters. The lowest BCUT2D eigenvalue weighted by atomic mass is 10.2. The molecule has 0 fully saturated rings. The summed E-state index contributed by atoms with van der Waals surface area (Å²) in [5.74, 6) is 2.34. The van der Waals surface area contributed by atoms with E-state index in [1.807, 2.05) is 49.9 Å². The molecule has 0 spiro atoms. The summed E-state index contributed by atoms with van der Waals surface area (Å²) in [4.78, 5) is 2.10. The molecular weight excluding hydrogens is 398 g/mol. The van der Waals surface area contributed by atoms with Crippen LogP contribution in [0.5, 0.6) is 5.88 Å². The molecule has 4 heterocycles. The minimum atomic E-state index is 0.233. The monoisotopic (exact) mass is 419 g/mol. The van der Waals surface area contributed by atoms with E-state index in [2.05, 4.69) is 35.5 Å². The molecule has 0 aliphatic carbocycles. The van der Waals surface area contributed by atoms with E-state index in [0.29, 0.717) is 28.8 Å². The van der Waals surface area contributed by atoms with E-state index >= 15 is 0 Å². The van der Waals surface area contributed by atoms with Crippen LogP contribution in [0.25, 0.3) is 27.9 Å². The second-order valence-electron chi connectivity index (χ2n) is 7.47. The lowest BCUT2D eigenvalue weighted by molar-refractivity contribution is 0.274. The predicted molar refractivity (Wildman–Crippen MR) is 111 cm³/mol. The largest absolute Gasteiger partial charge is 0.468 e. The molecule has 11 heteroatoms. The van der Waals surface area contributed by atoms with Crippen molar-refractivity contribution in [1.29, 1.82) is 0 Å². The van der Waals surface area contributed by atoms with Gasteiger partial charge in [0.05, 0.1) is 0 Å².